The molecule has 0 aromatic heterocycles. The van der Waals surface area contributed by atoms with E-state index in [1.807, 2.05) is 30.0 Å². The lowest BCUT2D eigenvalue weighted by atomic mass is 9.91. The molecule has 0 radical (unpaired) electrons. The van der Waals surface area contributed by atoms with Crippen molar-refractivity contribution in [3.8, 4) is 0 Å². The molecule has 1 saturated heterocycles. The smallest absolute Gasteiger partial charge is 0.106 e. The SMILES string of the molecule is CCC(=NOC)C1=C(c2ccc(Cl)c(Cl)c2)CC2CC(O)C1S2. The fraction of sp³-hybridized carbons (Fsp3) is 0.471. The van der Waals surface area contributed by atoms with Crippen LogP contribution in [0.15, 0.2) is 28.9 Å². The van der Waals surface area contributed by atoms with Crippen molar-refractivity contribution >= 4 is 46.2 Å². The topological polar surface area (TPSA) is 41.8 Å². The number of thioether (sulfide) groups is 1. The van der Waals surface area contributed by atoms with Crippen LogP contribution < -0.4 is 0 Å². The number of allylic oxidation sites excluding steroid dienone is 1. The Bertz CT molecular complexity index is 675. The molecule has 1 aromatic carbocycles. The number of nitrogens with zero attached hydrogens (tertiary/aromatic N) is 1. The van der Waals surface area contributed by atoms with E-state index in [1.165, 1.54) is 5.57 Å². The third-order valence-corrected chi connectivity index (χ3v) is 6.68. The van der Waals surface area contributed by atoms with Gasteiger partial charge in [-0.05, 0) is 48.1 Å². The highest BCUT2D eigenvalue weighted by Gasteiger charge is 2.43. The summed E-state index contributed by atoms with van der Waals surface area (Å²) in [6.45, 7) is 2.05. The molecule has 2 aliphatic heterocycles. The Morgan fingerprint density at radius 1 is 1.39 bits per heavy atom. The lowest BCUT2D eigenvalue weighted by Gasteiger charge is -2.28. The number of hydrogen-bond acceptors (Lipinski definition) is 4. The zero-order chi connectivity index (χ0) is 16.6. The molecule has 3 nitrogen and oxygen atoms in total. The van der Waals surface area contributed by atoms with E-state index < -0.39 is 0 Å². The fourth-order valence-electron chi connectivity index (χ4n) is 3.36. The third kappa shape index (κ3) is 3.27. The minimum absolute atomic E-state index is 0.0482. The Hall–Kier alpha value is -0.680. The first-order valence-electron chi connectivity index (χ1n) is 7.67. The van der Waals surface area contributed by atoms with Crippen LogP contribution in [-0.2, 0) is 4.84 Å². The van der Waals surface area contributed by atoms with Crippen LogP contribution in [0.4, 0.5) is 0 Å². The van der Waals surface area contributed by atoms with Crippen molar-refractivity contribution in [2.24, 2.45) is 5.16 Å². The molecule has 6 heteroatoms. The second-order valence-corrected chi connectivity index (χ2v) is 8.04. The highest BCUT2D eigenvalue weighted by molar-refractivity contribution is 8.01. The van der Waals surface area contributed by atoms with E-state index in [0.717, 1.165) is 36.1 Å². The van der Waals surface area contributed by atoms with Crippen LogP contribution in [0.5, 0.6) is 0 Å². The van der Waals surface area contributed by atoms with Gasteiger partial charge in [-0.15, -0.1) is 11.8 Å². The summed E-state index contributed by atoms with van der Waals surface area (Å²) < 4.78 is 0. The standard InChI is InChI=1S/C17H19Cl2NO2S/c1-3-14(20-22-2)16-11(7-10-8-15(21)17(16)23-10)9-4-5-12(18)13(19)6-9/h4-6,10,15,17,21H,3,7-8H2,1-2H3. The van der Waals surface area contributed by atoms with Gasteiger partial charge in [-0.1, -0.05) is 41.3 Å². The van der Waals surface area contributed by atoms with Gasteiger partial charge in [-0.3, -0.25) is 0 Å². The van der Waals surface area contributed by atoms with E-state index in [2.05, 4.69) is 12.1 Å². The van der Waals surface area contributed by atoms with Crippen LogP contribution in [0.1, 0.15) is 31.7 Å². The van der Waals surface area contributed by atoms with E-state index in [4.69, 9.17) is 28.0 Å². The summed E-state index contributed by atoms with van der Waals surface area (Å²) in [5.74, 6) is 0. The number of aliphatic hydroxyl groups excluding tert-OH is 1. The van der Waals surface area contributed by atoms with E-state index in [9.17, 15) is 5.11 Å². The molecule has 1 N–H and O–H groups in total. The zero-order valence-corrected chi connectivity index (χ0v) is 15.4. The van der Waals surface area contributed by atoms with Crippen molar-refractivity contribution in [2.75, 3.05) is 7.11 Å². The summed E-state index contributed by atoms with van der Waals surface area (Å²) in [6.07, 6.45) is 2.12. The minimum atomic E-state index is -0.339. The van der Waals surface area contributed by atoms with Gasteiger partial charge in [0.25, 0.3) is 0 Å². The van der Waals surface area contributed by atoms with Gasteiger partial charge in [0.2, 0.25) is 0 Å². The van der Waals surface area contributed by atoms with Crippen LogP contribution in [0.2, 0.25) is 10.0 Å². The minimum Gasteiger partial charge on any atom is -0.399 e. The van der Waals surface area contributed by atoms with Crippen LogP contribution in [0, 0.1) is 0 Å². The Morgan fingerprint density at radius 2 is 2.17 bits per heavy atom. The van der Waals surface area contributed by atoms with Crippen LogP contribution >= 0.6 is 35.0 Å². The highest BCUT2D eigenvalue weighted by Crippen LogP contribution is 2.50. The average Bonchev–Trinajstić information content (AvgIpc) is 2.83. The molecular weight excluding hydrogens is 353 g/mol. The second-order valence-electron chi connectivity index (χ2n) is 5.78. The molecule has 3 atom stereocenters. The van der Waals surface area contributed by atoms with E-state index >= 15 is 0 Å². The number of oxime groups is 1. The third-order valence-electron chi connectivity index (χ3n) is 4.35. The summed E-state index contributed by atoms with van der Waals surface area (Å²) in [7, 11) is 1.55. The second kappa shape index (κ2) is 7.06. The summed E-state index contributed by atoms with van der Waals surface area (Å²) in [4.78, 5) is 5.03. The van der Waals surface area contributed by atoms with Crippen molar-refractivity contribution in [3.05, 3.63) is 39.4 Å². The number of benzene rings is 1. The largest absolute Gasteiger partial charge is 0.399 e. The van der Waals surface area contributed by atoms with Gasteiger partial charge in [0.1, 0.15) is 7.11 Å². The molecule has 2 aliphatic rings. The lowest BCUT2D eigenvalue weighted by Crippen LogP contribution is -2.26. The number of aliphatic hydroxyl groups is 1. The van der Waals surface area contributed by atoms with Crippen LogP contribution in [-0.4, -0.2) is 34.5 Å². The first kappa shape index (κ1) is 17.2. The monoisotopic (exact) mass is 371 g/mol. The molecule has 3 unspecified atom stereocenters. The number of halogens is 2. The van der Waals surface area contributed by atoms with Crippen LogP contribution in [0.3, 0.4) is 0 Å². The number of rotatable bonds is 4. The van der Waals surface area contributed by atoms with Gasteiger partial charge in [-0.25, -0.2) is 0 Å². The lowest BCUT2D eigenvalue weighted by molar-refractivity contribution is 0.181. The maximum Gasteiger partial charge on any atom is 0.106 e. The summed E-state index contributed by atoms with van der Waals surface area (Å²) >= 11 is 14.1. The normalized spacial score (nSPS) is 27.5. The van der Waals surface area contributed by atoms with Gasteiger partial charge in [0, 0.05) is 5.25 Å². The number of fused-ring (bicyclic) bond motifs is 2. The van der Waals surface area contributed by atoms with Crippen molar-refractivity contribution in [1.82, 2.24) is 0 Å². The van der Waals surface area contributed by atoms with E-state index in [1.54, 1.807) is 7.11 Å². The number of hydrogen-bond donors (Lipinski definition) is 1. The van der Waals surface area contributed by atoms with Gasteiger partial charge in [0.15, 0.2) is 0 Å². The Balaban J connectivity index is 2.16. The molecule has 0 aliphatic carbocycles. The van der Waals surface area contributed by atoms with Gasteiger partial charge in [-0.2, -0.15) is 0 Å². The molecule has 3 rings (SSSR count). The van der Waals surface area contributed by atoms with Crippen molar-refractivity contribution in [2.45, 2.75) is 42.8 Å². The molecule has 0 amide bonds. The molecule has 1 aromatic rings. The maximum atomic E-state index is 10.4. The van der Waals surface area contributed by atoms with Crippen LogP contribution in [0.25, 0.3) is 5.57 Å². The molecule has 124 valence electrons. The molecule has 0 spiro atoms. The summed E-state index contributed by atoms with van der Waals surface area (Å²) in [5.41, 5.74) is 4.24. The average molecular weight is 372 g/mol. The van der Waals surface area contributed by atoms with Crippen molar-refractivity contribution in [1.29, 1.82) is 0 Å². The maximum absolute atomic E-state index is 10.4. The first-order valence-corrected chi connectivity index (χ1v) is 9.37. The highest BCUT2D eigenvalue weighted by atomic mass is 35.5. The Kier molecular flexibility index (Phi) is 5.26. The predicted octanol–water partition coefficient (Wildman–Crippen LogP) is 4.80. The fourth-order valence-corrected chi connectivity index (χ4v) is 5.35. The molecule has 2 bridgehead atoms. The summed E-state index contributed by atoms with van der Waals surface area (Å²) in [5, 5.41) is 16.2. The van der Waals surface area contributed by atoms with E-state index in [-0.39, 0.29) is 11.4 Å². The molecular formula is C17H19Cl2NO2S. The predicted molar refractivity (Wildman–Crippen MR) is 98.5 cm³/mol. The Labute approximate surface area is 150 Å². The molecule has 0 saturated carbocycles. The zero-order valence-electron chi connectivity index (χ0n) is 13.1. The Morgan fingerprint density at radius 3 is 2.83 bits per heavy atom. The van der Waals surface area contributed by atoms with E-state index in [0.29, 0.717) is 15.3 Å². The van der Waals surface area contributed by atoms with Crippen molar-refractivity contribution < 1.29 is 9.94 Å². The first-order chi connectivity index (χ1) is 11.0. The van der Waals surface area contributed by atoms with Gasteiger partial charge >= 0.3 is 0 Å². The molecule has 2 heterocycles. The van der Waals surface area contributed by atoms with Gasteiger partial charge < -0.3 is 9.94 Å². The molecule has 23 heavy (non-hydrogen) atoms. The summed E-state index contributed by atoms with van der Waals surface area (Å²) in [6, 6.07) is 5.72. The quantitative estimate of drug-likeness (QED) is 0.610. The molecule has 1 fully saturated rings. The van der Waals surface area contributed by atoms with Crippen molar-refractivity contribution in [3.63, 3.8) is 0 Å². The van der Waals surface area contributed by atoms with Gasteiger partial charge in [0.05, 0.1) is 27.1 Å².